The number of nitrogens with zero attached hydrogens (tertiary/aromatic N) is 3. The van der Waals surface area contributed by atoms with Crippen molar-refractivity contribution < 1.29 is 43.5 Å². The van der Waals surface area contributed by atoms with Gasteiger partial charge in [-0.05, 0) is 38.4 Å². The van der Waals surface area contributed by atoms with Crippen LogP contribution in [0.1, 0.15) is 37.6 Å². The molecule has 1 aromatic carbocycles. The third-order valence-electron chi connectivity index (χ3n) is 6.12. The number of piperazine rings is 1. The van der Waals surface area contributed by atoms with Gasteiger partial charge >= 0.3 is 5.97 Å². The first kappa shape index (κ1) is 24.9. The lowest BCUT2D eigenvalue weighted by atomic mass is 9.85. The fraction of sp³-hybridized carbons (Fsp3) is 0.571. The largest absolute Gasteiger partial charge is 0.453 e. The van der Waals surface area contributed by atoms with Crippen molar-refractivity contribution >= 4 is 23.5 Å². The summed E-state index contributed by atoms with van der Waals surface area (Å²) in [4.78, 5) is 41.5. The molecule has 188 valence electrons. The molecule has 1 aromatic rings. The van der Waals surface area contributed by atoms with E-state index in [1.54, 1.807) is 13.8 Å². The number of nitrogens with one attached hydrogen (secondary N) is 2. The number of rotatable bonds is 5. The van der Waals surface area contributed by atoms with Crippen LogP contribution in [-0.2, 0) is 28.5 Å². The maximum absolute atomic E-state index is 13.2. The van der Waals surface area contributed by atoms with Crippen molar-refractivity contribution in [3.05, 3.63) is 40.3 Å². The van der Waals surface area contributed by atoms with Gasteiger partial charge in [-0.15, -0.1) is 0 Å². The zero-order chi connectivity index (χ0) is 25.6. The van der Waals surface area contributed by atoms with E-state index in [1.807, 2.05) is 0 Å². The van der Waals surface area contributed by atoms with Gasteiger partial charge in [0, 0.05) is 17.0 Å². The summed E-state index contributed by atoms with van der Waals surface area (Å²) in [6, 6.07) is 5.44. The number of aliphatic hydroxyl groups excluding tert-OH is 1. The summed E-state index contributed by atoms with van der Waals surface area (Å²) in [7, 11) is 0. The molecule has 0 unspecified atom stereocenters. The van der Waals surface area contributed by atoms with Crippen LogP contribution in [0.2, 0.25) is 0 Å². The molecule has 5 atom stereocenters. The van der Waals surface area contributed by atoms with E-state index in [2.05, 4.69) is 20.7 Å². The molecule has 5 rings (SSSR count). The van der Waals surface area contributed by atoms with Gasteiger partial charge in [-0.3, -0.25) is 9.59 Å². The van der Waals surface area contributed by atoms with Crippen molar-refractivity contribution in [2.75, 3.05) is 13.2 Å². The monoisotopic (exact) mass is 491 g/mol. The lowest BCUT2D eigenvalue weighted by molar-refractivity contribution is -0.251. The molecule has 35 heavy (non-hydrogen) atoms. The van der Waals surface area contributed by atoms with Crippen LogP contribution in [0.25, 0.3) is 10.4 Å². The van der Waals surface area contributed by atoms with Crippen LogP contribution in [0.4, 0.5) is 5.69 Å². The molecule has 14 heteroatoms. The highest BCUT2D eigenvalue weighted by Gasteiger charge is 2.67. The number of esters is 1. The summed E-state index contributed by atoms with van der Waals surface area (Å²) in [6.45, 7) is 4.38. The SMILES string of the molecule is CC1(C)OC[C@@](C)([C@H](O)[C@@]23NC(=O)[C@@](O)(NC2=O)[C@H](OC(=O)c2ccc(N=[N+]=[N-])cc2)CCO3)O1. The van der Waals surface area contributed by atoms with Gasteiger partial charge in [0.2, 0.25) is 0 Å². The smallest absolute Gasteiger partial charge is 0.338 e. The summed E-state index contributed by atoms with van der Waals surface area (Å²) in [5.74, 6) is -4.15. The molecular weight excluding hydrogens is 466 g/mol. The number of fused-ring (bicyclic) bond motifs is 5. The second kappa shape index (κ2) is 8.45. The Labute approximate surface area is 199 Å². The molecule has 14 nitrogen and oxygen atoms in total. The molecule has 0 spiro atoms. The molecule has 0 saturated carbocycles. The number of amides is 2. The first-order chi connectivity index (χ1) is 16.4. The first-order valence-corrected chi connectivity index (χ1v) is 10.8. The van der Waals surface area contributed by atoms with Crippen LogP contribution >= 0.6 is 0 Å². The average molecular weight is 491 g/mol. The predicted molar refractivity (Wildman–Crippen MR) is 115 cm³/mol. The zero-order valence-corrected chi connectivity index (χ0v) is 19.2. The lowest BCUT2D eigenvalue weighted by Gasteiger charge is -2.51. The maximum Gasteiger partial charge on any atom is 0.338 e. The molecule has 0 aromatic heterocycles. The molecule has 4 heterocycles. The topological polar surface area (TPSA) is 201 Å². The van der Waals surface area contributed by atoms with E-state index in [0.29, 0.717) is 0 Å². The van der Waals surface area contributed by atoms with E-state index in [0.717, 1.165) is 0 Å². The molecule has 2 amide bonds. The van der Waals surface area contributed by atoms with Crippen LogP contribution in [0.3, 0.4) is 0 Å². The second-order valence-electron chi connectivity index (χ2n) is 9.18. The van der Waals surface area contributed by atoms with Gasteiger partial charge in [0.25, 0.3) is 23.3 Å². The third-order valence-corrected chi connectivity index (χ3v) is 6.12. The Morgan fingerprint density at radius 3 is 2.49 bits per heavy atom. The Balaban J connectivity index is 1.56. The van der Waals surface area contributed by atoms with E-state index >= 15 is 0 Å². The fourth-order valence-electron chi connectivity index (χ4n) is 4.34. The highest BCUT2D eigenvalue weighted by Crippen LogP contribution is 2.39. The van der Waals surface area contributed by atoms with Gasteiger partial charge in [0.15, 0.2) is 11.9 Å². The second-order valence-corrected chi connectivity index (χ2v) is 9.18. The van der Waals surface area contributed by atoms with Gasteiger partial charge in [0.1, 0.15) is 11.7 Å². The number of hydrogen-bond acceptors (Lipinski definition) is 10. The van der Waals surface area contributed by atoms with Crippen LogP contribution < -0.4 is 10.6 Å². The Morgan fingerprint density at radius 2 is 1.89 bits per heavy atom. The minimum atomic E-state index is -2.63. The Morgan fingerprint density at radius 1 is 1.20 bits per heavy atom. The van der Waals surface area contributed by atoms with E-state index in [-0.39, 0.29) is 30.9 Å². The highest BCUT2D eigenvalue weighted by molar-refractivity contribution is 6.02. The Bertz CT molecular complexity index is 1100. The van der Waals surface area contributed by atoms with Crippen LogP contribution in [-0.4, -0.2) is 76.3 Å². The summed E-state index contributed by atoms with van der Waals surface area (Å²) in [5.41, 5.74) is 2.45. The van der Waals surface area contributed by atoms with Gasteiger partial charge in [-0.2, -0.15) is 0 Å². The molecule has 0 radical (unpaired) electrons. The van der Waals surface area contributed by atoms with Crippen molar-refractivity contribution in [3.8, 4) is 0 Å². The number of carbonyl (C=O) groups excluding carboxylic acids is 3. The predicted octanol–water partition coefficient (Wildman–Crippen LogP) is 0.108. The number of ether oxygens (including phenoxy) is 4. The molecule has 4 saturated heterocycles. The Kier molecular flexibility index (Phi) is 6.00. The lowest BCUT2D eigenvalue weighted by Crippen LogP contribution is -2.84. The van der Waals surface area contributed by atoms with Crippen molar-refractivity contribution in [2.24, 2.45) is 5.11 Å². The van der Waals surface area contributed by atoms with Crippen LogP contribution in [0.15, 0.2) is 29.4 Å². The number of benzene rings is 1. The van der Waals surface area contributed by atoms with Gasteiger partial charge in [-0.1, -0.05) is 17.2 Å². The van der Waals surface area contributed by atoms with E-state index in [9.17, 15) is 24.6 Å². The molecule has 4 fully saturated rings. The molecule has 0 aliphatic carbocycles. The van der Waals surface area contributed by atoms with E-state index in [4.69, 9.17) is 24.5 Å². The average Bonchev–Trinajstić information content (AvgIpc) is 3.09. The van der Waals surface area contributed by atoms with E-state index < -0.39 is 52.8 Å². The van der Waals surface area contributed by atoms with Crippen molar-refractivity contribution in [1.29, 1.82) is 0 Å². The van der Waals surface area contributed by atoms with Gasteiger partial charge in [0.05, 0.1) is 18.8 Å². The molecule has 4 aliphatic rings. The Hall–Kier alpha value is -3.26. The normalized spacial score (nSPS) is 34.6. The summed E-state index contributed by atoms with van der Waals surface area (Å²) < 4.78 is 22.3. The van der Waals surface area contributed by atoms with Crippen molar-refractivity contribution in [1.82, 2.24) is 10.6 Å². The number of aliphatic hydroxyl groups is 2. The van der Waals surface area contributed by atoms with Crippen molar-refractivity contribution in [3.63, 3.8) is 0 Å². The summed E-state index contributed by atoms with van der Waals surface area (Å²) in [5, 5.41) is 30.0. The van der Waals surface area contributed by atoms with Crippen LogP contribution in [0, 0.1) is 0 Å². The first-order valence-electron chi connectivity index (χ1n) is 10.8. The molecular formula is C21H25N5O9. The van der Waals surface area contributed by atoms with Crippen molar-refractivity contribution in [2.45, 2.75) is 62.2 Å². The zero-order valence-electron chi connectivity index (χ0n) is 19.2. The summed E-state index contributed by atoms with van der Waals surface area (Å²) >= 11 is 0. The third kappa shape index (κ3) is 4.20. The number of hydrogen-bond donors (Lipinski definition) is 4. The standard InChI is InChI=1S/C21H25N5O9/c1-18(2)33-10-19(3,35-18)15(28)21-17(30)23-20(31,16(29)24-21)13(8-9-32-21)34-14(27)11-4-6-12(7-5-11)25-26-22/h4-7,13,15,28,31H,8-10H2,1-3H3,(H,23,30)(H,24,29)/t13-,15+,19+,20-,21+/m1/s1. The minimum absolute atomic E-state index is 0.0507. The van der Waals surface area contributed by atoms with Gasteiger partial charge in [-0.25, -0.2) is 4.79 Å². The van der Waals surface area contributed by atoms with Gasteiger partial charge < -0.3 is 39.8 Å². The maximum atomic E-state index is 13.2. The summed E-state index contributed by atoms with van der Waals surface area (Å²) in [6.07, 6.45) is -3.44. The number of azide groups is 1. The molecule has 2 bridgehead atoms. The quantitative estimate of drug-likeness (QED) is 0.191. The van der Waals surface area contributed by atoms with E-state index in [1.165, 1.54) is 31.2 Å². The highest BCUT2D eigenvalue weighted by atomic mass is 16.8. The van der Waals surface area contributed by atoms with Crippen LogP contribution in [0.5, 0.6) is 0 Å². The minimum Gasteiger partial charge on any atom is -0.453 e. The number of carbonyl (C=O) groups is 3. The molecule has 4 aliphatic heterocycles. The molecule has 4 N–H and O–H groups in total. The fourth-order valence-corrected chi connectivity index (χ4v) is 4.34.